The molecule has 11 rings (SSSR count). The fraction of sp³-hybridized carbons (Fsp3) is 0. The molecule has 0 fully saturated rings. The SMILES string of the molecule is [B]c1c(-c2c([B])c([B])c3c(c2[B])c2ccc(-c4ccccc4)cc2n3-c2ccc(-c3ccccc3)cc2)c([B])c2c3ccccc3n(-c3cccc(-c4ccccc4)c3)c2c1[B]. The van der Waals surface area contributed by atoms with Crippen molar-refractivity contribution in [3.8, 4) is 55.9 Å². The van der Waals surface area contributed by atoms with E-state index in [4.69, 9.17) is 47.1 Å². The third kappa shape index (κ3) is 5.81. The highest BCUT2D eigenvalue weighted by Crippen LogP contribution is 2.37. The molecule has 2 nitrogen and oxygen atoms in total. The largest absolute Gasteiger partial charge is 0.310 e. The number of aromatic nitrogens is 2. The lowest BCUT2D eigenvalue weighted by Gasteiger charge is -2.24. The smallest absolute Gasteiger partial charge is 0.115 e. The van der Waals surface area contributed by atoms with Crippen LogP contribution < -0.4 is 32.8 Å². The fourth-order valence-electron chi connectivity index (χ4n) is 9.42. The molecule has 8 heteroatoms. The number of nitrogens with zero attached hydrogens (tertiary/aromatic N) is 2. The summed E-state index contributed by atoms with van der Waals surface area (Å²) < 4.78 is 4.29. The standard InChI is InChI=1S/C54H30B6N2/c55-47-43-39-21-10-11-22-41(39)62(38-20-12-19-35(29-38)32-15-6-2-7-16-32)54(43)52(60)50(58)45(47)46-48(56)44-40-28-25-36(33-17-8-3-9-18-33)30-42(40)61(53(44)51(59)49(46)57)37-26-23-34(24-27-37)31-13-4-1-5-14-31/h1-30H. The molecule has 0 atom stereocenters. The molecule has 0 aliphatic heterocycles. The Morgan fingerprint density at radius 2 is 0.694 bits per heavy atom. The van der Waals surface area contributed by atoms with Gasteiger partial charge < -0.3 is 9.13 Å². The number of fused-ring (bicyclic) bond motifs is 6. The van der Waals surface area contributed by atoms with Crippen molar-refractivity contribution in [2.45, 2.75) is 0 Å². The Hall–Kier alpha value is -7.03. The van der Waals surface area contributed by atoms with Crippen LogP contribution in [0.15, 0.2) is 182 Å². The Morgan fingerprint density at radius 1 is 0.274 bits per heavy atom. The van der Waals surface area contributed by atoms with E-state index in [0.717, 1.165) is 77.3 Å². The minimum absolute atomic E-state index is 0.264. The van der Waals surface area contributed by atoms with E-state index >= 15 is 0 Å². The summed E-state index contributed by atoms with van der Waals surface area (Å²) in [6, 6.07) is 62.2. The summed E-state index contributed by atoms with van der Waals surface area (Å²) in [6.07, 6.45) is 0. The molecular weight excluding hydrogens is 741 g/mol. The second-order valence-electron chi connectivity index (χ2n) is 15.8. The minimum Gasteiger partial charge on any atom is -0.310 e. The predicted octanol–water partition coefficient (Wildman–Crippen LogP) is 7.31. The van der Waals surface area contributed by atoms with E-state index < -0.39 is 0 Å². The summed E-state index contributed by atoms with van der Waals surface area (Å²) in [5, 5.41) is 3.30. The highest BCUT2D eigenvalue weighted by atomic mass is 15.0. The van der Waals surface area contributed by atoms with Crippen molar-refractivity contribution < 1.29 is 0 Å². The molecule has 0 spiro atoms. The van der Waals surface area contributed by atoms with Gasteiger partial charge in [0.15, 0.2) is 0 Å². The maximum absolute atomic E-state index is 7.43. The predicted molar refractivity (Wildman–Crippen MR) is 269 cm³/mol. The van der Waals surface area contributed by atoms with Crippen molar-refractivity contribution in [1.29, 1.82) is 0 Å². The van der Waals surface area contributed by atoms with Crippen LogP contribution in [0.4, 0.5) is 0 Å². The number of benzene rings is 9. The Balaban J connectivity index is 1.18. The van der Waals surface area contributed by atoms with E-state index in [9.17, 15) is 0 Å². The third-order valence-corrected chi connectivity index (χ3v) is 12.4. The van der Waals surface area contributed by atoms with E-state index in [-0.39, 0.29) is 10.9 Å². The van der Waals surface area contributed by atoms with E-state index in [1.807, 2.05) is 72.8 Å². The molecule has 2 heterocycles. The fourth-order valence-corrected chi connectivity index (χ4v) is 9.42. The Bertz CT molecular complexity index is 3560. The molecule has 11 aromatic rings. The van der Waals surface area contributed by atoms with E-state index in [1.54, 1.807) is 0 Å². The van der Waals surface area contributed by atoms with Gasteiger partial charge in [0.1, 0.15) is 47.1 Å². The summed E-state index contributed by atoms with van der Waals surface area (Å²) in [7, 11) is 43.7. The van der Waals surface area contributed by atoms with Gasteiger partial charge in [-0.1, -0.05) is 178 Å². The van der Waals surface area contributed by atoms with Crippen LogP contribution >= 0.6 is 0 Å². The molecule has 0 bridgehead atoms. The van der Waals surface area contributed by atoms with Crippen LogP contribution in [0, 0.1) is 0 Å². The highest BCUT2D eigenvalue weighted by Gasteiger charge is 2.26. The molecule has 62 heavy (non-hydrogen) atoms. The van der Waals surface area contributed by atoms with Crippen LogP contribution in [0.2, 0.25) is 0 Å². The molecule has 9 aromatic carbocycles. The number of rotatable bonds is 6. The molecule has 274 valence electrons. The van der Waals surface area contributed by atoms with Gasteiger partial charge in [-0.3, -0.25) is 0 Å². The van der Waals surface area contributed by atoms with Gasteiger partial charge in [-0.05, 0) is 80.9 Å². The van der Waals surface area contributed by atoms with Crippen LogP contribution in [0.25, 0.3) is 99.5 Å². The number of para-hydroxylation sites is 1. The molecule has 0 N–H and O–H groups in total. The van der Waals surface area contributed by atoms with Gasteiger partial charge in [-0.15, -0.1) is 0 Å². The van der Waals surface area contributed by atoms with Gasteiger partial charge in [0.2, 0.25) is 0 Å². The monoisotopic (exact) mass is 772 g/mol. The van der Waals surface area contributed by atoms with Gasteiger partial charge in [0.05, 0.1) is 11.0 Å². The molecule has 0 aliphatic carbocycles. The van der Waals surface area contributed by atoms with Crippen molar-refractivity contribution in [2.24, 2.45) is 0 Å². The van der Waals surface area contributed by atoms with Gasteiger partial charge in [0, 0.05) is 44.0 Å². The van der Waals surface area contributed by atoms with Crippen LogP contribution in [0.1, 0.15) is 0 Å². The molecule has 0 aliphatic rings. The van der Waals surface area contributed by atoms with Crippen molar-refractivity contribution >= 4 is 123 Å². The topological polar surface area (TPSA) is 9.86 Å². The van der Waals surface area contributed by atoms with E-state index in [0.29, 0.717) is 44.0 Å². The second-order valence-corrected chi connectivity index (χ2v) is 15.8. The van der Waals surface area contributed by atoms with Gasteiger partial charge in [-0.25, -0.2) is 0 Å². The zero-order valence-electron chi connectivity index (χ0n) is 33.7. The van der Waals surface area contributed by atoms with Crippen LogP contribution in [0.5, 0.6) is 0 Å². The second kappa shape index (κ2) is 14.9. The molecule has 0 unspecified atom stereocenters. The van der Waals surface area contributed by atoms with E-state index in [1.165, 1.54) is 0 Å². The average molecular weight is 772 g/mol. The quantitative estimate of drug-likeness (QED) is 0.157. The van der Waals surface area contributed by atoms with E-state index in [2.05, 4.69) is 118 Å². The first-order chi connectivity index (χ1) is 30.3. The van der Waals surface area contributed by atoms with Gasteiger partial charge in [0.25, 0.3) is 0 Å². The average Bonchev–Trinajstić information content (AvgIpc) is 3.86. The lowest BCUT2D eigenvalue weighted by atomic mass is 9.63. The van der Waals surface area contributed by atoms with Crippen molar-refractivity contribution in [2.75, 3.05) is 0 Å². The van der Waals surface area contributed by atoms with Crippen LogP contribution in [0.3, 0.4) is 0 Å². The minimum atomic E-state index is 0.264. The highest BCUT2D eigenvalue weighted by molar-refractivity contribution is 6.65. The molecule has 0 saturated heterocycles. The Kier molecular flexibility index (Phi) is 9.09. The van der Waals surface area contributed by atoms with Gasteiger partial charge >= 0.3 is 0 Å². The Morgan fingerprint density at radius 3 is 1.26 bits per heavy atom. The summed E-state index contributed by atoms with van der Waals surface area (Å²) in [5.41, 5.74) is 14.5. The number of hydrogen-bond donors (Lipinski definition) is 0. The first kappa shape index (κ1) is 37.9. The van der Waals surface area contributed by atoms with Crippen molar-refractivity contribution in [3.05, 3.63) is 182 Å². The molecule has 2 aromatic heterocycles. The zero-order chi connectivity index (χ0) is 42.2. The normalized spacial score (nSPS) is 11.6. The first-order valence-corrected chi connectivity index (χ1v) is 20.5. The lowest BCUT2D eigenvalue weighted by Crippen LogP contribution is -2.41. The summed E-state index contributed by atoms with van der Waals surface area (Å²) in [5.74, 6) is 0. The van der Waals surface area contributed by atoms with Crippen LogP contribution in [-0.2, 0) is 0 Å². The summed E-state index contributed by atoms with van der Waals surface area (Å²) >= 11 is 0. The Labute approximate surface area is 368 Å². The first-order valence-electron chi connectivity index (χ1n) is 20.5. The third-order valence-electron chi connectivity index (χ3n) is 12.4. The zero-order valence-corrected chi connectivity index (χ0v) is 33.7. The maximum Gasteiger partial charge on any atom is 0.115 e. The number of hydrogen-bond acceptors (Lipinski definition) is 0. The molecular formula is C54H30B6N2. The van der Waals surface area contributed by atoms with Gasteiger partial charge in [-0.2, -0.15) is 0 Å². The maximum atomic E-state index is 7.43. The van der Waals surface area contributed by atoms with Crippen LogP contribution in [-0.4, -0.2) is 56.2 Å². The van der Waals surface area contributed by atoms with Crippen molar-refractivity contribution in [3.63, 3.8) is 0 Å². The lowest BCUT2D eigenvalue weighted by molar-refractivity contribution is 1.19. The molecule has 0 saturated carbocycles. The molecule has 12 radical (unpaired) electrons. The molecule has 0 amide bonds. The van der Waals surface area contributed by atoms with Crippen molar-refractivity contribution in [1.82, 2.24) is 9.13 Å². The summed E-state index contributed by atoms with van der Waals surface area (Å²) in [6.45, 7) is 0. The summed E-state index contributed by atoms with van der Waals surface area (Å²) in [4.78, 5) is 0.